The number of hydrogen-bond donors (Lipinski definition) is 1. The smallest absolute Gasteiger partial charge is 0.305 e. The molecule has 1 aromatic heterocycles. The van der Waals surface area contributed by atoms with Crippen molar-refractivity contribution in [2.45, 2.75) is 45.4 Å². The van der Waals surface area contributed by atoms with Crippen LogP contribution in [-0.2, 0) is 16.0 Å². The Kier molecular flexibility index (Phi) is 5.04. The van der Waals surface area contributed by atoms with Gasteiger partial charge >= 0.3 is 5.97 Å². The lowest BCUT2D eigenvalue weighted by Crippen LogP contribution is -2.32. The molecule has 1 aliphatic rings. The second-order valence-corrected chi connectivity index (χ2v) is 5.74. The fraction of sp³-hybridized carbons (Fsp3) is 0.625. The molecule has 1 heterocycles. The molecule has 0 bridgehead atoms. The molecular weight excluding hydrogens is 270 g/mol. The van der Waals surface area contributed by atoms with E-state index in [1.165, 1.54) is 6.42 Å². The van der Waals surface area contributed by atoms with Crippen molar-refractivity contribution in [1.82, 2.24) is 4.90 Å². The van der Waals surface area contributed by atoms with Gasteiger partial charge in [-0.3, -0.25) is 9.59 Å². The number of aliphatic carboxylic acids is 1. The first-order valence-electron chi connectivity index (χ1n) is 7.59. The van der Waals surface area contributed by atoms with Crippen LogP contribution in [0, 0.1) is 5.92 Å². The van der Waals surface area contributed by atoms with Crippen LogP contribution in [0.15, 0.2) is 16.5 Å². The van der Waals surface area contributed by atoms with Gasteiger partial charge in [0, 0.05) is 31.8 Å². The van der Waals surface area contributed by atoms with Gasteiger partial charge in [0.15, 0.2) is 0 Å². The van der Waals surface area contributed by atoms with E-state index in [0.717, 1.165) is 11.5 Å². The van der Waals surface area contributed by atoms with Crippen LogP contribution in [0.25, 0.3) is 0 Å². The van der Waals surface area contributed by atoms with Crippen molar-refractivity contribution in [3.63, 3.8) is 0 Å². The van der Waals surface area contributed by atoms with Crippen molar-refractivity contribution in [1.29, 1.82) is 0 Å². The zero-order valence-electron chi connectivity index (χ0n) is 12.7. The zero-order chi connectivity index (χ0) is 15.4. The van der Waals surface area contributed by atoms with E-state index in [0.29, 0.717) is 31.2 Å². The highest BCUT2D eigenvalue weighted by atomic mass is 16.4. The van der Waals surface area contributed by atoms with Gasteiger partial charge in [0.2, 0.25) is 5.91 Å². The molecule has 5 heteroatoms. The largest absolute Gasteiger partial charge is 0.481 e. The molecule has 1 aromatic rings. The van der Waals surface area contributed by atoms with Gasteiger partial charge in [-0.25, -0.2) is 0 Å². The minimum absolute atomic E-state index is 0.00987. The van der Waals surface area contributed by atoms with Crippen LogP contribution in [0.2, 0.25) is 0 Å². The standard InChI is InChI=1S/C16H23NO4/c1-3-17(9-8-16(19)20)15(18)7-5-12-4-6-14(21-12)13-10-11(13)2/h4,6,11,13H,3,5,7-10H2,1-2H3,(H,19,20). The summed E-state index contributed by atoms with van der Waals surface area (Å²) in [5, 5.41) is 8.68. The van der Waals surface area contributed by atoms with Crippen molar-refractivity contribution >= 4 is 11.9 Å². The Morgan fingerprint density at radius 2 is 2.10 bits per heavy atom. The number of carboxylic acids is 1. The number of carbonyl (C=O) groups excluding carboxylic acids is 1. The summed E-state index contributed by atoms with van der Waals surface area (Å²) in [4.78, 5) is 24.2. The van der Waals surface area contributed by atoms with Crippen molar-refractivity contribution in [2.24, 2.45) is 5.92 Å². The maximum atomic E-state index is 12.1. The molecule has 1 saturated carbocycles. The Morgan fingerprint density at radius 3 is 2.67 bits per heavy atom. The second kappa shape index (κ2) is 6.78. The normalized spacial score (nSPS) is 20.3. The maximum Gasteiger partial charge on any atom is 0.305 e. The SMILES string of the molecule is CCN(CCC(=O)O)C(=O)CCc1ccc(C2CC2C)o1. The van der Waals surface area contributed by atoms with E-state index in [1.54, 1.807) is 4.90 Å². The summed E-state index contributed by atoms with van der Waals surface area (Å²) < 4.78 is 5.78. The molecule has 21 heavy (non-hydrogen) atoms. The third-order valence-electron chi connectivity index (χ3n) is 4.07. The Hall–Kier alpha value is -1.78. The van der Waals surface area contributed by atoms with Crippen LogP contribution in [0.1, 0.15) is 50.5 Å². The summed E-state index contributed by atoms with van der Waals surface area (Å²) in [6.45, 7) is 4.87. The molecule has 116 valence electrons. The van der Waals surface area contributed by atoms with Gasteiger partial charge in [0.05, 0.1) is 6.42 Å². The summed E-state index contributed by atoms with van der Waals surface area (Å²) in [6.07, 6.45) is 2.11. The van der Waals surface area contributed by atoms with E-state index >= 15 is 0 Å². The third kappa shape index (κ3) is 4.34. The van der Waals surface area contributed by atoms with Gasteiger partial charge in [0.25, 0.3) is 0 Å². The number of nitrogens with zero attached hydrogens (tertiary/aromatic N) is 1. The number of rotatable bonds is 8. The van der Waals surface area contributed by atoms with Gasteiger partial charge in [-0.15, -0.1) is 0 Å². The first kappa shape index (κ1) is 15.6. The average Bonchev–Trinajstić information content (AvgIpc) is 3.00. The number of hydrogen-bond acceptors (Lipinski definition) is 3. The van der Waals surface area contributed by atoms with Gasteiger partial charge in [-0.05, 0) is 31.4 Å². The number of amides is 1. The molecular formula is C16H23NO4. The Bertz CT molecular complexity index is 508. The molecule has 2 rings (SSSR count). The highest BCUT2D eigenvalue weighted by Crippen LogP contribution is 2.47. The Morgan fingerprint density at radius 1 is 1.38 bits per heavy atom. The van der Waals surface area contributed by atoms with Crippen LogP contribution < -0.4 is 0 Å². The van der Waals surface area contributed by atoms with Crippen LogP contribution in [0.4, 0.5) is 0 Å². The van der Waals surface area contributed by atoms with Gasteiger partial charge < -0.3 is 14.4 Å². The molecule has 0 saturated heterocycles. The van der Waals surface area contributed by atoms with Gasteiger partial charge in [0.1, 0.15) is 11.5 Å². The highest BCUT2D eigenvalue weighted by Gasteiger charge is 2.36. The number of carbonyl (C=O) groups is 2. The second-order valence-electron chi connectivity index (χ2n) is 5.74. The highest BCUT2D eigenvalue weighted by molar-refractivity contribution is 5.77. The van der Waals surface area contributed by atoms with Gasteiger partial charge in [-0.2, -0.15) is 0 Å². The first-order valence-corrected chi connectivity index (χ1v) is 7.59. The van der Waals surface area contributed by atoms with E-state index in [9.17, 15) is 9.59 Å². The Balaban J connectivity index is 1.79. The molecule has 0 radical (unpaired) electrons. The zero-order valence-corrected chi connectivity index (χ0v) is 12.7. The van der Waals surface area contributed by atoms with Crippen LogP contribution in [0.5, 0.6) is 0 Å². The molecule has 1 fully saturated rings. The average molecular weight is 293 g/mol. The summed E-state index contributed by atoms with van der Waals surface area (Å²) >= 11 is 0. The van der Waals surface area contributed by atoms with Crippen molar-refractivity contribution in [2.75, 3.05) is 13.1 Å². The molecule has 0 aliphatic heterocycles. The topological polar surface area (TPSA) is 70.8 Å². The molecule has 5 nitrogen and oxygen atoms in total. The van der Waals surface area contributed by atoms with Crippen LogP contribution in [-0.4, -0.2) is 35.0 Å². The van der Waals surface area contributed by atoms with Crippen molar-refractivity contribution in [3.8, 4) is 0 Å². The molecule has 0 aromatic carbocycles. The quantitative estimate of drug-likeness (QED) is 0.800. The molecule has 1 aliphatic carbocycles. The van der Waals surface area contributed by atoms with E-state index in [2.05, 4.69) is 6.92 Å². The van der Waals surface area contributed by atoms with Crippen molar-refractivity contribution < 1.29 is 19.1 Å². The van der Waals surface area contributed by atoms with Gasteiger partial charge in [-0.1, -0.05) is 6.92 Å². The fourth-order valence-electron chi connectivity index (χ4n) is 2.52. The monoisotopic (exact) mass is 293 g/mol. The minimum atomic E-state index is -0.879. The summed E-state index contributed by atoms with van der Waals surface area (Å²) in [5.41, 5.74) is 0. The minimum Gasteiger partial charge on any atom is -0.481 e. The Labute approximate surface area is 124 Å². The summed E-state index contributed by atoms with van der Waals surface area (Å²) in [5.74, 6) is 2.23. The molecule has 1 N–H and O–H groups in total. The number of furan rings is 1. The van der Waals surface area contributed by atoms with Crippen LogP contribution >= 0.6 is 0 Å². The maximum absolute atomic E-state index is 12.1. The molecule has 2 atom stereocenters. The van der Waals surface area contributed by atoms with Crippen molar-refractivity contribution in [3.05, 3.63) is 23.7 Å². The summed E-state index contributed by atoms with van der Waals surface area (Å²) in [6, 6.07) is 3.96. The lowest BCUT2D eigenvalue weighted by Gasteiger charge is -2.19. The first-order chi connectivity index (χ1) is 10.0. The van der Waals surface area contributed by atoms with E-state index in [4.69, 9.17) is 9.52 Å². The predicted octanol–water partition coefficient (Wildman–Crippen LogP) is 2.66. The van der Waals surface area contributed by atoms with E-state index < -0.39 is 5.97 Å². The third-order valence-corrected chi connectivity index (χ3v) is 4.07. The number of aryl methyl sites for hydroxylation is 1. The summed E-state index contributed by atoms with van der Waals surface area (Å²) in [7, 11) is 0. The molecule has 2 unspecified atom stereocenters. The molecule has 0 spiro atoms. The number of carboxylic acid groups (broad SMARTS) is 1. The molecule has 1 amide bonds. The lowest BCUT2D eigenvalue weighted by atomic mass is 10.2. The fourth-order valence-corrected chi connectivity index (χ4v) is 2.52. The van der Waals surface area contributed by atoms with E-state index in [1.807, 2.05) is 19.1 Å². The van der Waals surface area contributed by atoms with E-state index in [-0.39, 0.29) is 18.9 Å². The lowest BCUT2D eigenvalue weighted by molar-refractivity contribution is -0.138. The predicted molar refractivity (Wildman–Crippen MR) is 78.1 cm³/mol. The van der Waals surface area contributed by atoms with Crippen LogP contribution in [0.3, 0.4) is 0 Å².